The second kappa shape index (κ2) is 7.44. The lowest BCUT2D eigenvalue weighted by Gasteiger charge is -2.40. The molecule has 182 valence electrons. The maximum absolute atomic E-state index is 13.4. The summed E-state index contributed by atoms with van der Waals surface area (Å²) in [6.07, 6.45) is -5.17. The van der Waals surface area contributed by atoms with Crippen LogP contribution in [-0.2, 0) is 6.18 Å². The number of amides is 1. The van der Waals surface area contributed by atoms with Gasteiger partial charge in [-0.2, -0.15) is 18.4 Å². The van der Waals surface area contributed by atoms with Crippen LogP contribution < -0.4 is 10.1 Å². The fraction of sp³-hybridized carbons (Fsp3) is 0.222. The number of nitrogens with one attached hydrogen (secondary N) is 1. The molecule has 0 aliphatic carbocycles. The quantitative estimate of drug-likeness (QED) is 0.439. The molecule has 0 saturated heterocycles. The Balaban J connectivity index is 2.24. The molecule has 0 fully saturated rings. The van der Waals surface area contributed by atoms with Crippen molar-refractivity contribution < 1.29 is 50.9 Å². The lowest BCUT2D eigenvalue weighted by Crippen LogP contribution is -2.49. The molecule has 2 rings (SSSR count). The average molecular weight is 510 g/mol. The maximum Gasteiger partial charge on any atom is 0.420 e. The van der Waals surface area contributed by atoms with Crippen molar-refractivity contribution in [1.82, 2.24) is 5.32 Å². The van der Waals surface area contributed by atoms with E-state index in [0.29, 0.717) is 12.1 Å². The summed E-state index contributed by atoms with van der Waals surface area (Å²) in [5, 5.41) is 11.2. The number of nitriles is 1. The Labute approximate surface area is 179 Å². The van der Waals surface area contributed by atoms with Gasteiger partial charge in [-0.15, -0.1) is 0 Å². The van der Waals surface area contributed by atoms with Gasteiger partial charge in [0.1, 0.15) is 22.8 Å². The van der Waals surface area contributed by atoms with Crippen molar-refractivity contribution in [3.63, 3.8) is 0 Å². The molecule has 1 unspecified atom stereocenters. The number of alkyl halides is 3. The largest absolute Gasteiger partial charge is 0.489 e. The SMILES string of the molecule is CC(C#N)(COc1cc(F)c(F)cc1C(F)(F)F)NC(=O)c1ccc(S(F)(F)(F)(F)F)cc1. The second-order valence-electron chi connectivity index (χ2n) is 6.94. The fourth-order valence-corrected chi connectivity index (χ4v) is 3.02. The monoisotopic (exact) mass is 510 g/mol. The first-order valence-corrected chi connectivity index (χ1v) is 10.4. The summed E-state index contributed by atoms with van der Waals surface area (Å²) in [6.45, 7) is -0.0892. The molecule has 1 N–H and O–H groups in total. The van der Waals surface area contributed by atoms with E-state index in [-0.39, 0.29) is 24.3 Å². The predicted molar refractivity (Wildman–Crippen MR) is 96.2 cm³/mol. The zero-order valence-corrected chi connectivity index (χ0v) is 16.9. The standard InChI is InChI=1S/C18H12F10N2O2S/c1-17(8-29,9-32-15-7-14(20)13(19)6-12(15)18(21,22)23)30-16(31)10-2-4-11(5-3-10)33(24,25,26,27)28/h2-7H,9H2,1H3,(H,30,31). The van der Waals surface area contributed by atoms with Gasteiger partial charge in [-0.3, -0.25) is 4.79 Å². The summed E-state index contributed by atoms with van der Waals surface area (Å²) in [7, 11) is -9.99. The summed E-state index contributed by atoms with van der Waals surface area (Å²) >= 11 is 0. The van der Waals surface area contributed by atoms with Crippen LogP contribution in [0.15, 0.2) is 41.3 Å². The molecule has 1 atom stereocenters. The van der Waals surface area contributed by atoms with Gasteiger partial charge in [0.25, 0.3) is 5.91 Å². The molecular weight excluding hydrogens is 498 g/mol. The first-order valence-electron chi connectivity index (χ1n) is 8.42. The highest BCUT2D eigenvalue weighted by Gasteiger charge is 2.65. The lowest BCUT2D eigenvalue weighted by molar-refractivity contribution is -0.139. The van der Waals surface area contributed by atoms with Crippen LogP contribution in [0.25, 0.3) is 0 Å². The molecule has 0 aromatic heterocycles. The highest BCUT2D eigenvalue weighted by atomic mass is 32.5. The van der Waals surface area contributed by atoms with Crippen LogP contribution >= 0.6 is 10.2 Å². The Morgan fingerprint density at radius 3 is 2.00 bits per heavy atom. The molecule has 2 aromatic carbocycles. The summed E-state index contributed by atoms with van der Waals surface area (Å²) in [4.78, 5) is 9.94. The van der Waals surface area contributed by atoms with Gasteiger partial charge >= 0.3 is 16.4 Å². The molecule has 0 saturated carbocycles. The Hall–Kier alpha value is -3.15. The molecule has 0 bridgehead atoms. The summed E-state index contributed by atoms with van der Waals surface area (Å²) in [5.41, 5.74) is -4.42. The molecule has 0 aliphatic heterocycles. The van der Waals surface area contributed by atoms with Crippen LogP contribution in [0.4, 0.5) is 41.4 Å². The Bertz CT molecular complexity index is 1130. The van der Waals surface area contributed by atoms with Crippen molar-refractivity contribution in [3.05, 3.63) is 59.2 Å². The van der Waals surface area contributed by atoms with Crippen molar-refractivity contribution in [2.45, 2.75) is 23.5 Å². The minimum Gasteiger partial charge on any atom is -0.489 e. The van der Waals surface area contributed by atoms with Crippen LogP contribution in [0.2, 0.25) is 0 Å². The third-order valence-electron chi connectivity index (χ3n) is 4.04. The first kappa shape index (κ1) is 26.1. The molecular formula is C18H12F10N2O2S. The molecule has 0 aliphatic rings. The number of halogens is 10. The van der Waals surface area contributed by atoms with E-state index in [9.17, 15) is 51.4 Å². The molecule has 0 heterocycles. The van der Waals surface area contributed by atoms with E-state index in [1.165, 1.54) is 6.07 Å². The van der Waals surface area contributed by atoms with Gasteiger partial charge < -0.3 is 10.1 Å². The minimum atomic E-state index is -9.99. The molecule has 0 radical (unpaired) electrons. The smallest absolute Gasteiger partial charge is 0.420 e. The second-order valence-corrected chi connectivity index (χ2v) is 9.35. The minimum absolute atomic E-state index is 0.0480. The zero-order chi connectivity index (χ0) is 25.5. The summed E-state index contributed by atoms with van der Waals surface area (Å²) < 4.78 is 134. The van der Waals surface area contributed by atoms with E-state index < -0.39 is 67.9 Å². The van der Waals surface area contributed by atoms with Crippen LogP contribution in [-0.4, -0.2) is 18.1 Å². The van der Waals surface area contributed by atoms with Crippen molar-refractivity contribution in [1.29, 1.82) is 5.26 Å². The van der Waals surface area contributed by atoms with Gasteiger partial charge in [-0.05, 0) is 37.3 Å². The predicted octanol–water partition coefficient (Wildman–Crippen LogP) is 6.73. The maximum atomic E-state index is 13.4. The number of ether oxygens (including phenoxy) is 1. The molecule has 0 spiro atoms. The van der Waals surface area contributed by atoms with Crippen molar-refractivity contribution in [3.8, 4) is 11.8 Å². The topological polar surface area (TPSA) is 62.1 Å². The third-order valence-corrected chi connectivity index (χ3v) is 5.21. The van der Waals surface area contributed by atoms with Crippen LogP contribution in [0.3, 0.4) is 0 Å². The number of nitrogens with zero attached hydrogens (tertiary/aromatic N) is 1. The molecule has 2 aromatic rings. The van der Waals surface area contributed by atoms with E-state index >= 15 is 0 Å². The number of hydrogen-bond donors (Lipinski definition) is 1. The van der Waals surface area contributed by atoms with Crippen LogP contribution in [0.5, 0.6) is 5.75 Å². The van der Waals surface area contributed by atoms with Gasteiger partial charge in [-0.1, -0.05) is 19.4 Å². The number of benzene rings is 2. The van der Waals surface area contributed by atoms with Crippen molar-refractivity contribution in [2.75, 3.05) is 6.61 Å². The average Bonchev–Trinajstić information content (AvgIpc) is 2.66. The third kappa shape index (κ3) is 6.44. The van der Waals surface area contributed by atoms with Crippen LogP contribution in [0, 0.1) is 23.0 Å². The normalized spacial score (nSPS) is 16.1. The molecule has 15 heteroatoms. The van der Waals surface area contributed by atoms with Gasteiger partial charge in [0, 0.05) is 11.6 Å². The van der Waals surface area contributed by atoms with Gasteiger partial charge in [0.2, 0.25) is 0 Å². The highest BCUT2D eigenvalue weighted by molar-refractivity contribution is 8.45. The summed E-state index contributed by atoms with van der Waals surface area (Å²) in [6, 6.07) is 2.09. The Morgan fingerprint density at radius 1 is 1.03 bits per heavy atom. The van der Waals surface area contributed by atoms with Gasteiger partial charge in [0.15, 0.2) is 17.2 Å². The molecule has 1 amide bonds. The van der Waals surface area contributed by atoms with Crippen LogP contribution in [0.1, 0.15) is 22.8 Å². The van der Waals surface area contributed by atoms with E-state index in [4.69, 9.17) is 4.74 Å². The van der Waals surface area contributed by atoms with E-state index in [0.717, 1.165) is 6.92 Å². The first-order chi connectivity index (χ1) is 14.6. The van der Waals surface area contributed by atoms with E-state index in [1.54, 1.807) is 0 Å². The highest BCUT2D eigenvalue weighted by Crippen LogP contribution is 3.02. The molecule has 4 nitrogen and oxygen atoms in total. The number of hydrogen-bond acceptors (Lipinski definition) is 3. The van der Waals surface area contributed by atoms with E-state index in [1.807, 2.05) is 5.32 Å². The lowest BCUT2D eigenvalue weighted by atomic mass is 10.0. The summed E-state index contributed by atoms with van der Waals surface area (Å²) in [5.74, 6) is -5.96. The zero-order valence-electron chi connectivity index (χ0n) is 16.1. The van der Waals surface area contributed by atoms with Crippen molar-refractivity contribution >= 4 is 16.1 Å². The fourth-order valence-electron chi connectivity index (χ4n) is 2.37. The van der Waals surface area contributed by atoms with Gasteiger partial charge in [-0.25, -0.2) is 8.78 Å². The van der Waals surface area contributed by atoms with Crippen molar-refractivity contribution in [2.24, 2.45) is 0 Å². The number of carbonyl (C=O) groups is 1. The van der Waals surface area contributed by atoms with E-state index in [2.05, 4.69) is 0 Å². The Morgan fingerprint density at radius 2 is 1.55 bits per heavy atom. The molecule has 33 heavy (non-hydrogen) atoms. The number of rotatable bonds is 6. The Kier molecular flexibility index (Phi) is 5.88. The van der Waals surface area contributed by atoms with Gasteiger partial charge in [0.05, 0.1) is 6.07 Å². The number of carbonyl (C=O) groups excluding carboxylic acids is 1.